The largest absolute Gasteiger partial charge is 0.285 e. The van der Waals surface area contributed by atoms with E-state index in [4.69, 9.17) is 0 Å². The summed E-state index contributed by atoms with van der Waals surface area (Å²) in [5.74, 6) is 0.325. The summed E-state index contributed by atoms with van der Waals surface area (Å²) in [6.45, 7) is 1.84. The molecular formula is C9H11N3O2S. The monoisotopic (exact) mass is 225 g/mol. The van der Waals surface area contributed by atoms with Gasteiger partial charge in [-0.2, -0.15) is 0 Å². The highest BCUT2D eigenvalue weighted by molar-refractivity contribution is 7.91. The molecule has 0 unspecified atom stereocenters. The standard InChI is InChI=1S/C9H11N3O2S/c1-7-8-5-3-4-6-12(8)9(10-7)11-15(2,13)14/h3-6H,1-2H3,(H,10,11). The fourth-order valence-electron chi connectivity index (χ4n) is 1.43. The Labute approximate surface area is 87.8 Å². The molecule has 2 aromatic heterocycles. The summed E-state index contributed by atoms with van der Waals surface area (Å²) in [7, 11) is -3.29. The molecule has 0 aliphatic heterocycles. The topological polar surface area (TPSA) is 63.5 Å². The second kappa shape index (κ2) is 3.23. The number of anilines is 1. The van der Waals surface area contributed by atoms with Crippen LogP contribution in [0.5, 0.6) is 0 Å². The Morgan fingerprint density at radius 3 is 2.80 bits per heavy atom. The van der Waals surface area contributed by atoms with Gasteiger partial charge in [-0.05, 0) is 19.1 Å². The number of pyridine rings is 1. The van der Waals surface area contributed by atoms with Gasteiger partial charge in [-0.25, -0.2) is 13.4 Å². The molecule has 0 atom stereocenters. The van der Waals surface area contributed by atoms with Gasteiger partial charge in [0.2, 0.25) is 16.0 Å². The van der Waals surface area contributed by atoms with Crippen molar-refractivity contribution < 1.29 is 8.42 Å². The third-order valence-electron chi connectivity index (χ3n) is 2.01. The molecule has 2 heterocycles. The first-order valence-electron chi connectivity index (χ1n) is 4.39. The number of rotatable bonds is 2. The Bertz CT molecular complexity index is 601. The highest BCUT2D eigenvalue weighted by atomic mass is 32.2. The molecule has 80 valence electrons. The van der Waals surface area contributed by atoms with Crippen molar-refractivity contribution in [2.75, 3.05) is 11.0 Å². The summed E-state index contributed by atoms with van der Waals surface area (Å²) in [5.41, 5.74) is 1.69. The normalized spacial score (nSPS) is 11.9. The molecule has 0 radical (unpaired) electrons. The number of nitrogens with zero attached hydrogens (tertiary/aromatic N) is 2. The van der Waals surface area contributed by atoms with E-state index in [0.29, 0.717) is 5.95 Å². The van der Waals surface area contributed by atoms with Crippen LogP contribution in [0, 0.1) is 6.92 Å². The molecule has 15 heavy (non-hydrogen) atoms. The Morgan fingerprint density at radius 2 is 2.13 bits per heavy atom. The van der Waals surface area contributed by atoms with Crippen LogP contribution in [0.3, 0.4) is 0 Å². The summed E-state index contributed by atoms with van der Waals surface area (Å²) in [5, 5.41) is 0. The van der Waals surface area contributed by atoms with Gasteiger partial charge in [-0.3, -0.25) is 9.12 Å². The van der Waals surface area contributed by atoms with E-state index in [-0.39, 0.29) is 0 Å². The van der Waals surface area contributed by atoms with Crippen LogP contribution in [0.25, 0.3) is 5.52 Å². The van der Waals surface area contributed by atoms with Crippen molar-refractivity contribution in [1.82, 2.24) is 9.38 Å². The Kier molecular flexibility index (Phi) is 2.15. The van der Waals surface area contributed by atoms with E-state index in [1.165, 1.54) is 0 Å². The molecule has 0 aromatic carbocycles. The van der Waals surface area contributed by atoms with Crippen molar-refractivity contribution in [2.45, 2.75) is 6.92 Å². The van der Waals surface area contributed by atoms with Gasteiger partial charge in [0, 0.05) is 6.20 Å². The van der Waals surface area contributed by atoms with E-state index < -0.39 is 10.0 Å². The Morgan fingerprint density at radius 1 is 1.40 bits per heavy atom. The summed E-state index contributed by atoms with van der Waals surface area (Å²) in [6, 6.07) is 5.59. The van der Waals surface area contributed by atoms with Crippen LogP contribution >= 0.6 is 0 Å². The average molecular weight is 225 g/mol. The number of hydrogen-bond donors (Lipinski definition) is 1. The summed E-state index contributed by atoms with van der Waals surface area (Å²) in [4.78, 5) is 4.15. The van der Waals surface area contributed by atoms with Gasteiger partial charge in [0.1, 0.15) is 0 Å². The molecule has 0 spiro atoms. The van der Waals surface area contributed by atoms with E-state index in [2.05, 4.69) is 9.71 Å². The lowest BCUT2D eigenvalue weighted by Crippen LogP contribution is -2.12. The molecule has 0 saturated heterocycles. The van der Waals surface area contributed by atoms with Crippen molar-refractivity contribution in [2.24, 2.45) is 0 Å². The van der Waals surface area contributed by atoms with Crippen molar-refractivity contribution in [3.8, 4) is 0 Å². The second-order valence-corrected chi connectivity index (χ2v) is 5.10. The molecular weight excluding hydrogens is 214 g/mol. The first-order chi connectivity index (χ1) is 6.97. The molecule has 0 bridgehead atoms. The van der Waals surface area contributed by atoms with Gasteiger partial charge in [0.25, 0.3) is 0 Å². The summed E-state index contributed by atoms with van der Waals surface area (Å²) in [6.07, 6.45) is 2.87. The molecule has 0 aliphatic rings. The van der Waals surface area contributed by atoms with Gasteiger partial charge in [-0.15, -0.1) is 0 Å². The van der Waals surface area contributed by atoms with Gasteiger partial charge < -0.3 is 0 Å². The molecule has 0 amide bonds. The van der Waals surface area contributed by atoms with E-state index >= 15 is 0 Å². The summed E-state index contributed by atoms with van der Waals surface area (Å²) < 4.78 is 26.3. The Hall–Kier alpha value is -1.56. The van der Waals surface area contributed by atoms with E-state index in [0.717, 1.165) is 17.5 Å². The van der Waals surface area contributed by atoms with Crippen molar-refractivity contribution in [3.05, 3.63) is 30.1 Å². The highest BCUT2D eigenvalue weighted by Gasteiger charge is 2.10. The zero-order chi connectivity index (χ0) is 11.1. The van der Waals surface area contributed by atoms with Crippen LogP contribution in [0.15, 0.2) is 24.4 Å². The van der Waals surface area contributed by atoms with Gasteiger partial charge in [0.05, 0.1) is 17.5 Å². The predicted molar refractivity (Wildman–Crippen MR) is 58.4 cm³/mol. The Balaban J connectivity index is 2.62. The lowest BCUT2D eigenvalue weighted by Gasteiger charge is -2.01. The average Bonchev–Trinajstić information content (AvgIpc) is 2.42. The van der Waals surface area contributed by atoms with Crippen LogP contribution in [-0.2, 0) is 10.0 Å². The van der Waals surface area contributed by atoms with Crippen molar-refractivity contribution >= 4 is 21.5 Å². The van der Waals surface area contributed by atoms with Crippen LogP contribution in [-0.4, -0.2) is 24.1 Å². The summed E-state index contributed by atoms with van der Waals surface area (Å²) >= 11 is 0. The number of nitrogens with one attached hydrogen (secondary N) is 1. The fourth-order valence-corrected chi connectivity index (χ4v) is 1.91. The predicted octanol–water partition coefficient (Wildman–Crippen LogP) is 1.01. The van der Waals surface area contributed by atoms with Crippen LogP contribution in [0.4, 0.5) is 5.95 Å². The maximum absolute atomic E-state index is 11.1. The minimum atomic E-state index is -3.29. The van der Waals surface area contributed by atoms with E-state index in [1.807, 2.05) is 25.1 Å². The molecule has 0 fully saturated rings. The number of sulfonamides is 1. The SMILES string of the molecule is Cc1nc(NS(C)(=O)=O)n2ccccc12. The van der Waals surface area contributed by atoms with Gasteiger partial charge in [0.15, 0.2) is 0 Å². The van der Waals surface area contributed by atoms with Crippen LogP contribution in [0.1, 0.15) is 5.69 Å². The number of fused-ring (bicyclic) bond motifs is 1. The van der Waals surface area contributed by atoms with E-state index in [1.54, 1.807) is 10.6 Å². The minimum Gasteiger partial charge on any atom is -0.285 e. The van der Waals surface area contributed by atoms with Crippen LogP contribution in [0.2, 0.25) is 0 Å². The number of imidazole rings is 1. The molecule has 2 rings (SSSR count). The molecule has 2 aromatic rings. The quantitative estimate of drug-likeness (QED) is 0.829. The van der Waals surface area contributed by atoms with E-state index in [9.17, 15) is 8.42 Å². The lowest BCUT2D eigenvalue weighted by atomic mass is 10.3. The molecule has 0 aliphatic carbocycles. The highest BCUT2D eigenvalue weighted by Crippen LogP contribution is 2.15. The number of hydrogen-bond acceptors (Lipinski definition) is 3. The second-order valence-electron chi connectivity index (χ2n) is 3.35. The number of aromatic nitrogens is 2. The van der Waals surface area contributed by atoms with Crippen molar-refractivity contribution in [1.29, 1.82) is 0 Å². The van der Waals surface area contributed by atoms with Gasteiger partial charge in [-0.1, -0.05) is 6.07 Å². The first kappa shape index (κ1) is 9.97. The van der Waals surface area contributed by atoms with Crippen LogP contribution < -0.4 is 4.72 Å². The fraction of sp³-hybridized carbons (Fsp3) is 0.222. The maximum Gasteiger partial charge on any atom is 0.232 e. The van der Waals surface area contributed by atoms with Crippen molar-refractivity contribution in [3.63, 3.8) is 0 Å². The zero-order valence-electron chi connectivity index (χ0n) is 8.43. The molecule has 5 nitrogen and oxygen atoms in total. The minimum absolute atomic E-state index is 0.325. The first-order valence-corrected chi connectivity index (χ1v) is 6.28. The number of aryl methyl sites for hydroxylation is 1. The molecule has 6 heteroatoms. The van der Waals surface area contributed by atoms with Gasteiger partial charge >= 0.3 is 0 Å². The molecule has 1 N–H and O–H groups in total. The lowest BCUT2D eigenvalue weighted by molar-refractivity contribution is 0.606. The maximum atomic E-state index is 11.1. The third kappa shape index (κ3) is 1.94. The third-order valence-corrected chi connectivity index (χ3v) is 2.56. The zero-order valence-corrected chi connectivity index (χ0v) is 9.25. The smallest absolute Gasteiger partial charge is 0.232 e. The molecule has 0 saturated carbocycles.